The molecule has 2 saturated heterocycles. The first-order chi connectivity index (χ1) is 8.72. The van der Waals surface area contributed by atoms with Crippen molar-refractivity contribution in [1.29, 1.82) is 5.26 Å². The Morgan fingerprint density at radius 2 is 2.44 bits per heavy atom. The molecular formula is C13H21N3O2. The van der Waals surface area contributed by atoms with Gasteiger partial charge in [-0.05, 0) is 38.8 Å². The minimum absolute atomic E-state index is 0.242. The minimum atomic E-state index is -0.395. The number of hydrogen-bond donors (Lipinski definition) is 1. The molecule has 5 heteroatoms. The van der Waals surface area contributed by atoms with Gasteiger partial charge in [0, 0.05) is 19.0 Å². The number of likely N-dealkylation sites (tertiary alicyclic amines) is 1. The number of piperidine rings is 2. The molecule has 18 heavy (non-hydrogen) atoms. The van der Waals surface area contributed by atoms with Crippen molar-refractivity contribution in [2.75, 3.05) is 26.2 Å². The second-order valence-electron chi connectivity index (χ2n) is 5.09. The Bertz CT molecular complexity index is 340. The molecule has 2 fully saturated rings. The van der Waals surface area contributed by atoms with E-state index in [1.165, 1.54) is 0 Å². The number of nitrogens with zero attached hydrogens (tertiary/aromatic N) is 2. The molecule has 100 valence electrons. The number of hydrogen-bond acceptors (Lipinski definition) is 4. The highest BCUT2D eigenvalue weighted by Gasteiger charge is 2.36. The first kappa shape index (κ1) is 13.3. The molecule has 0 aliphatic carbocycles. The molecule has 0 bridgehead atoms. The zero-order valence-electron chi connectivity index (χ0n) is 10.9. The van der Waals surface area contributed by atoms with Crippen molar-refractivity contribution in [1.82, 2.24) is 10.2 Å². The summed E-state index contributed by atoms with van der Waals surface area (Å²) in [6.45, 7) is 4.80. The zero-order valence-corrected chi connectivity index (χ0v) is 10.9. The molecule has 5 nitrogen and oxygen atoms in total. The van der Waals surface area contributed by atoms with Crippen molar-refractivity contribution in [2.45, 2.75) is 38.3 Å². The van der Waals surface area contributed by atoms with Gasteiger partial charge in [-0.2, -0.15) is 5.26 Å². The average molecular weight is 251 g/mol. The van der Waals surface area contributed by atoms with Crippen LogP contribution in [-0.2, 0) is 9.53 Å². The van der Waals surface area contributed by atoms with Gasteiger partial charge >= 0.3 is 0 Å². The maximum Gasteiger partial charge on any atom is 0.222 e. The average Bonchev–Trinajstić information content (AvgIpc) is 2.41. The van der Waals surface area contributed by atoms with Crippen molar-refractivity contribution < 1.29 is 9.53 Å². The van der Waals surface area contributed by atoms with Crippen LogP contribution in [0.1, 0.15) is 26.2 Å². The number of rotatable bonds is 4. The van der Waals surface area contributed by atoms with Gasteiger partial charge < -0.3 is 15.0 Å². The van der Waals surface area contributed by atoms with Gasteiger partial charge in [0.1, 0.15) is 6.10 Å². The van der Waals surface area contributed by atoms with Gasteiger partial charge in [-0.3, -0.25) is 4.79 Å². The van der Waals surface area contributed by atoms with Crippen LogP contribution in [0.25, 0.3) is 0 Å². The fourth-order valence-corrected chi connectivity index (χ4v) is 2.91. The first-order valence-corrected chi connectivity index (χ1v) is 6.73. The number of carbonyl (C=O) groups is 1. The van der Waals surface area contributed by atoms with Gasteiger partial charge in [-0.25, -0.2) is 0 Å². The number of amides is 1. The molecule has 2 rings (SSSR count). The lowest BCUT2D eigenvalue weighted by Crippen LogP contribution is -2.55. The largest absolute Gasteiger partial charge is 0.362 e. The molecular weight excluding hydrogens is 230 g/mol. The van der Waals surface area contributed by atoms with Crippen molar-refractivity contribution in [2.24, 2.45) is 5.92 Å². The monoisotopic (exact) mass is 251 g/mol. The van der Waals surface area contributed by atoms with Gasteiger partial charge in [0.25, 0.3) is 0 Å². The van der Waals surface area contributed by atoms with Crippen LogP contribution in [0, 0.1) is 17.2 Å². The Balaban J connectivity index is 1.87. The Kier molecular flexibility index (Phi) is 4.56. The zero-order chi connectivity index (χ0) is 13.0. The summed E-state index contributed by atoms with van der Waals surface area (Å²) in [6.07, 6.45) is 2.29. The van der Waals surface area contributed by atoms with Crippen LogP contribution in [-0.4, -0.2) is 49.2 Å². The molecule has 0 aromatic rings. The maximum absolute atomic E-state index is 12.0. The summed E-state index contributed by atoms with van der Waals surface area (Å²) in [7, 11) is 0. The summed E-state index contributed by atoms with van der Waals surface area (Å²) < 4.78 is 5.35. The predicted octanol–water partition coefficient (Wildman–Crippen LogP) is 0.516. The topological polar surface area (TPSA) is 65.4 Å². The van der Waals surface area contributed by atoms with Crippen LogP contribution >= 0.6 is 0 Å². The third-order valence-electron chi connectivity index (χ3n) is 3.90. The fraction of sp³-hybridized carbons (Fsp3) is 0.846. The predicted molar refractivity (Wildman–Crippen MR) is 66.7 cm³/mol. The highest BCUT2D eigenvalue weighted by molar-refractivity contribution is 5.77. The molecule has 1 N–H and O–H groups in total. The van der Waals surface area contributed by atoms with E-state index in [1.807, 2.05) is 11.0 Å². The minimum Gasteiger partial charge on any atom is -0.362 e. The molecule has 2 aliphatic rings. The molecule has 2 aliphatic heterocycles. The van der Waals surface area contributed by atoms with Crippen molar-refractivity contribution >= 4 is 5.91 Å². The van der Waals surface area contributed by atoms with E-state index in [0.717, 1.165) is 25.9 Å². The molecule has 0 aromatic carbocycles. The Morgan fingerprint density at radius 1 is 1.61 bits per heavy atom. The van der Waals surface area contributed by atoms with E-state index in [-0.39, 0.29) is 5.91 Å². The quantitative estimate of drug-likeness (QED) is 0.791. The van der Waals surface area contributed by atoms with Crippen molar-refractivity contribution in [3.05, 3.63) is 0 Å². The van der Waals surface area contributed by atoms with E-state index >= 15 is 0 Å². The molecule has 3 unspecified atom stereocenters. The van der Waals surface area contributed by atoms with Crippen LogP contribution in [0.3, 0.4) is 0 Å². The SMILES string of the molecule is CC(C#N)OCCN1C(=O)CCC2CNCCC21. The van der Waals surface area contributed by atoms with Crippen molar-refractivity contribution in [3.8, 4) is 6.07 Å². The Hall–Kier alpha value is -1.12. The Labute approximate surface area is 108 Å². The standard InChI is InChI=1S/C13H21N3O2/c1-10(8-14)18-7-6-16-12-4-5-15-9-11(12)2-3-13(16)17/h10-12,15H,2-7,9H2,1H3. The first-order valence-electron chi connectivity index (χ1n) is 6.73. The van der Waals surface area contributed by atoms with E-state index in [2.05, 4.69) is 5.32 Å². The molecule has 0 radical (unpaired) electrons. The second kappa shape index (κ2) is 6.17. The summed E-state index contributed by atoms with van der Waals surface area (Å²) in [5, 5.41) is 12.0. The Morgan fingerprint density at radius 3 is 3.22 bits per heavy atom. The molecule has 0 aromatic heterocycles. The summed E-state index contributed by atoms with van der Waals surface area (Å²) in [5.74, 6) is 0.830. The van der Waals surface area contributed by atoms with Crippen LogP contribution < -0.4 is 5.32 Å². The smallest absolute Gasteiger partial charge is 0.222 e. The summed E-state index contributed by atoms with van der Waals surface area (Å²) >= 11 is 0. The second-order valence-corrected chi connectivity index (χ2v) is 5.09. The molecule has 0 saturated carbocycles. The number of carbonyl (C=O) groups excluding carboxylic acids is 1. The van der Waals surface area contributed by atoms with Gasteiger partial charge in [-0.1, -0.05) is 0 Å². The van der Waals surface area contributed by atoms with Gasteiger partial charge in [0.2, 0.25) is 5.91 Å². The maximum atomic E-state index is 12.0. The van der Waals surface area contributed by atoms with Crippen LogP contribution in [0.4, 0.5) is 0 Å². The fourth-order valence-electron chi connectivity index (χ4n) is 2.91. The highest BCUT2D eigenvalue weighted by Crippen LogP contribution is 2.28. The summed E-state index contributed by atoms with van der Waals surface area (Å²) in [6, 6.07) is 2.40. The van der Waals surface area contributed by atoms with E-state index in [0.29, 0.717) is 31.5 Å². The lowest BCUT2D eigenvalue weighted by molar-refractivity contribution is -0.140. The molecule has 0 spiro atoms. The van der Waals surface area contributed by atoms with E-state index in [1.54, 1.807) is 6.92 Å². The number of fused-ring (bicyclic) bond motifs is 1. The van der Waals surface area contributed by atoms with Gasteiger partial charge in [0.05, 0.1) is 12.7 Å². The number of nitrogens with one attached hydrogen (secondary N) is 1. The lowest BCUT2D eigenvalue weighted by Gasteiger charge is -2.44. The summed E-state index contributed by atoms with van der Waals surface area (Å²) in [4.78, 5) is 14.0. The van der Waals surface area contributed by atoms with Crippen LogP contribution in [0.5, 0.6) is 0 Å². The normalized spacial score (nSPS) is 29.6. The molecule has 1 amide bonds. The van der Waals surface area contributed by atoms with Crippen LogP contribution in [0.15, 0.2) is 0 Å². The molecule has 3 atom stereocenters. The number of ether oxygens (including phenoxy) is 1. The van der Waals surface area contributed by atoms with Gasteiger partial charge in [0.15, 0.2) is 0 Å². The third-order valence-corrected chi connectivity index (χ3v) is 3.90. The number of nitriles is 1. The van der Waals surface area contributed by atoms with E-state index < -0.39 is 6.10 Å². The third kappa shape index (κ3) is 3.01. The lowest BCUT2D eigenvalue weighted by atomic mass is 9.84. The molecule has 2 heterocycles. The van der Waals surface area contributed by atoms with E-state index in [9.17, 15) is 4.79 Å². The summed E-state index contributed by atoms with van der Waals surface area (Å²) in [5.41, 5.74) is 0. The van der Waals surface area contributed by atoms with Gasteiger partial charge in [-0.15, -0.1) is 0 Å². The van der Waals surface area contributed by atoms with Crippen molar-refractivity contribution in [3.63, 3.8) is 0 Å². The van der Waals surface area contributed by atoms with Crippen LogP contribution in [0.2, 0.25) is 0 Å². The van der Waals surface area contributed by atoms with E-state index in [4.69, 9.17) is 10.00 Å². The highest BCUT2D eigenvalue weighted by atomic mass is 16.5.